The van der Waals surface area contributed by atoms with E-state index >= 15 is 0 Å². The van der Waals surface area contributed by atoms with Gasteiger partial charge in [-0.25, -0.2) is 9.37 Å². The Morgan fingerprint density at radius 1 is 1.11 bits per heavy atom. The molecule has 0 spiro atoms. The topological polar surface area (TPSA) is 112 Å². The van der Waals surface area contributed by atoms with E-state index in [0.29, 0.717) is 24.2 Å². The van der Waals surface area contributed by atoms with Crippen molar-refractivity contribution in [2.45, 2.75) is 76.5 Å². The summed E-state index contributed by atoms with van der Waals surface area (Å²) in [6, 6.07) is 10.6. The number of hydrogen-bond acceptors (Lipinski definition) is 7. The minimum absolute atomic E-state index is 0. The summed E-state index contributed by atoms with van der Waals surface area (Å²) in [6.07, 6.45) is 8.53. The number of carbonyl (C=O) groups is 3. The fourth-order valence-electron chi connectivity index (χ4n) is 6.78. The molecule has 0 unspecified atom stereocenters. The Labute approximate surface area is 262 Å². The predicted octanol–water partition coefficient (Wildman–Crippen LogP) is 5.67. The number of Topliss-reactive ketones (excluding diaryl/α,β-unsaturated/α-hetero) is 1. The average molecular weight is 624 g/mol. The van der Waals surface area contributed by atoms with Crippen molar-refractivity contribution in [3.05, 3.63) is 60.4 Å². The van der Waals surface area contributed by atoms with Crippen molar-refractivity contribution in [1.82, 2.24) is 9.88 Å². The zero-order chi connectivity index (χ0) is 30.1. The number of amides is 1. The molecule has 1 aromatic heterocycles. The summed E-state index contributed by atoms with van der Waals surface area (Å²) in [6.45, 7) is 2.16. The second-order valence-electron chi connectivity index (χ2n) is 12.1. The van der Waals surface area contributed by atoms with Crippen LogP contribution in [0, 0.1) is 17.2 Å². The van der Waals surface area contributed by atoms with Crippen molar-refractivity contribution in [3.63, 3.8) is 0 Å². The van der Waals surface area contributed by atoms with Crippen LogP contribution in [0.4, 0.5) is 4.39 Å². The van der Waals surface area contributed by atoms with E-state index in [2.05, 4.69) is 17.1 Å². The van der Waals surface area contributed by atoms with E-state index in [9.17, 15) is 18.8 Å². The van der Waals surface area contributed by atoms with Crippen molar-refractivity contribution < 1.29 is 28.2 Å². The lowest BCUT2D eigenvalue weighted by Crippen LogP contribution is -2.49. The Hall–Kier alpha value is -3.56. The Kier molecular flexibility index (Phi) is 9.56. The van der Waals surface area contributed by atoms with Gasteiger partial charge in [0, 0.05) is 29.7 Å². The fourth-order valence-corrected chi connectivity index (χ4v) is 6.78. The number of nitrogens with zero attached hydrogens (tertiary/aromatic N) is 2. The molecule has 1 aliphatic carbocycles. The predicted molar refractivity (Wildman–Crippen MR) is 168 cm³/mol. The summed E-state index contributed by atoms with van der Waals surface area (Å²) in [7, 11) is 0. The van der Waals surface area contributed by atoms with E-state index in [4.69, 9.17) is 15.2 Å². The second kappa shape index (κ2) is 13.2. The standard InChI is InChI=1S/C34H38FN3O5.ClH/c1-2-42-33(41)34-18-21(34)10-6-4-3-5-7-13-27(36)32(40)38-20-23(17-29(38)30(39)19-34)43-31-26-12-9-8-11-24(26)25-15-14-22(35)16-28(25)37-31;/h6,8-12,14-16,21,23,27,29H,2-5,7,13,17-20,36H2,1H3;1H/b10-6-;/t21-,23-,27+,29+,34-;/m1./s1. The van der Waals surface area contributed by atoms with E-state index in [0.717, 1.165) is 41.8 Å². The monoisotopic (exact) mass is 623 g/mol. The van der Waals surface area contributed by atoms with Gasteiger partial charge in [-0.3, -0.25) is 14.4 Å². The van der Waals surface area contributed by atoms with Gasteiger partial charge in [-0.2, -0.15) is 0 Å². The number of rotatable bonds is 4. The molecule has 0 radical (unpaired) electrons. The number of pyridine rings is 1. The summed E-state index contributed by atoms with van der Waals surface area (Å²) in [5, 5.41) is 2.43. The normalized spacial score (nSPS) is 28.3. The second-order valence-corrected chi connectivity index (χ2v) is 12.1. The summed E-state index contributed by atoms with van der Waals surface area (Å²) in [4.78, 5) is 47.0. The van der Waals surface area contributed by atoms with Gasteiger partial charge in [0.15, 0.2) is 5.78 Å². The average Bonchev–Trinajstić information content (AvgIpc) is 3.53. The maximum Gasteiger partial charge on any atom is 0.313 e. The number of ketones is 1. The van der Waals surface area contributed by atoms with Crippen molar-refractivity contribution in [2.24, 2.45) is 17.1 Å². The van der Waals surface area contributed by atoms with Crippen molar-refractivity contribution in [3.8, 4) is 5.88 Å². The van der Waals surface area contributed by atoms with Gasteiger partial charge in [0.05, 0.1) is 36.2 Å². The number of esters is 1. The SMILES string of the molecule is CCOC(=O)[C@]12CC(=O)[C@@H]3C[C@@H](Oc4nc5cc(F)ccc5c5ccccc45)CN3C(=O)[C@@H](N)CCCCC/C=C\[C@@H]1C2.Cl. The zero-order valence-electron chi connectivity index (χ0n) is 24.9. The van der Waals surface area contributed by atoms with Crippen LogP contribution in [-0.2, 0) is 19.1 Å². The smallest absolute Gasteiger partial charge is 0.313 e. The highest BCUT2D eigenvalue weighted by Crippen LogP contribution is 2.57. The maximum absolute atomic E-state index is 14.1. The Morgan fingerprint density at radius 2 is 1.91 bits per heavy atom. The van der Waals surface area contributed by atoms with E-state index in [-0.39, 0.29) is 62.0 Å². The largest absolute Gasteiger partial charge is 0.472 e. The lowest BCUT2D eigenvalue weighted by atomic mass is 9.91. The van der Waals surface area contributed by atoms with E-state index in [1.54, 1.807) is 17.9 Å². The van der Waals surface area contributed by atoms with Gasteiger partial charge in [0.25, 0.3) is 0 Å². The first-order valence-corrected chi connectivity index (χ1v) is 15.4. The van der Waals surface area contributed by atoms with Crippen LogP contribution in [0.3, 0.4) is 0 Å². The Bertz CT molecular complexity index is 1600. The molecule has 2 aromatic carbocycles. The van der Waals surface area contributed by atoms with Crippen LogP contribution in [0.5, 0.6) is 5.88 Å². The zero-order valence-corrected chi connectivity index (χ0v) is 25.7. The molecule has 1 amide bonds. The van der Waals surface area contributed by atoms with Gasteiger partial charge in [-0.05, 0) is 62.1 Å². The highest BCUT2D eigenvalue weighted by Gasteiger charge is 2.61. The number of fused-ring (bicyclic) bond motifs is 5. The minimum atomic E-state index is -0.903. The highest BCUT2D eigenvalue weighted by atomic mass is 35.5. The van der Waals surface area contributed by atoms with Crippen molar-refractivity contribution in [1.29, 1.82) is 0 Å². The van der Waals surface area contributed by atoms with Crippen LogP contribution in [0.25, 0.3) is 21.7 Å². The molecule has 6 rings (SSSR count). The Balaban J connectivity index is 0.00000384. The van der Waals surface area contributed by atoms with Crippen LogP contribution in [-0.4, -0.2) is 58.9 Å². The molecular formula is C34H39ClFN3O5. The van der Waals surface area contributed by atoms with Crippen LogP contribution in [0.1, 0.15) is 58.3 Å². The molecule has 5 atom stereocenters. The molecule has 44 heavy (non-hydrogen) atoms. The van der Waals surface area contributed by atoms with Gasteiger partial charge in [-0.15, -0.1) is 12.4 Å². The number of nitrogens with two attached hydrogens (primary N) is 1. The Morgan fingerprint density at radius 3 is 2.70 bits per heavy atom. The lowest BCUT2D eigenvalue weighted by Gasteiger charge is -2.27. The number of aromatic nitrogens is 1. The molecule has 2 N–H and O–H groups in total. The highest BCUT2D eigenvalue weighted by molar-refractivity contribution is 6.07. The molecule has 1 saturated heterocycles. The van der Waals surface area contributed by atoms with Crippen LogP contribution in [0.15, 0.2) is 54.6 Å². The number of halogens is 2. The molecule has 10 heteroatoms. The summed E-state index contributed by atoms with van der Waals surface area (Å²) in [5.41, 5.74) is 5.93. The van der Waals surface area contributed by atoms with Crippen LogP contribution in [0.2, 0.25) is 0 Å². The third-order valence-electron chi connectivity index (χ3n) is 9.20. The van der Waals surface area contributed by atoms with Gasteiger partial charge in [0.2, 0.25) is 11.8 Å². The number of ether oxygens (including phenoxy) is 2. The third kappa shape index (κ3) is 6.17. The maximum atomic E-state index is 14.1. The van der Waals surface area contributed by atoms with E-state index in [1.807, 2.05) is 24.3 Å². The summed E-state index contributed by atoms with van der Waals surface area (Å²) >= 11 is 0. The van der Waals surface area contributed by atoms with Crippen molar-refractivity contribution in [2.75, 3.05) is 13.2 Å². The summed E-state index contributed by atoms with van der Waals surface area (Å²) in [5.74, 6) is -0.976. The molecular weight excluding hydrogens is 585 g/mol. The lowest BCUT2D eigenvalue weighted by molar-refractivity contribution is -0.152. The van der Waals surface area contributed by atoms with Crippen LogP contribution < -0.4 is 10.5 Å². The van der Waals surface area contributed by atoms with Gasteiger partial charge >= 0.3 is 5.97 Å². The van der Waals surface area contributed by atoms with Crippen LogP contribution >= 0.6 is 12.4 Å². The molecule has 8 nitrogen and oxygen atoms in total. The molecule has 234 valence electrons. The molecule has 0 bridgehead atoms. The first-order valence-electron chi connectivity index (χ1n) is 15.4. The number of hydrogen-bond donors (Lipinski definition) is 1. The van der Waals surface area contributed by atoms with Gasteiger partial charge < -0.3 is 20.1 Å². The molecule has 3 heterocycles. The quantitative estimate of drug-likeness (QED) is 0.226. The van der Waals surface area contributed by atoms with Crippen molar-refractivity contribution >= 4 is 51.7 Å². The van der Waals surface area contributed by atoms with E-state index in [1.165, 1.54) is 12.1 Å². The summed E-state index contributed by atoms with van der Waals surface area (Å²) < 4.78 is 26.0. The number of carbonyl (C=O) groups excluding carboxylic acids is 3. The van der Waals surface area contributed by atoms with Gasteiger partial charge in [-0.1, -0.05) is 43.2 Å². The molecule has 3 aliphatic rings. The van der Waals surface area contributed by atoms with E-state index < -0.39 is 29.4 Å². The molecule has 2 aliphatic heterocycles. The third-order valence-corrected chi connectivity index (χ3v) is 9.20. The minimum Gasteiger partial charge on any atom is -0.472 e. The molecule has 1 saturated carbocycles. The fraction of sp³-hybridized carbons (Fsp3) is 0.471. The number of benzene rings is 2. The van der Waals surface area contributed by atoms with Gasteiger partial charge in [0.1, 0.15) is 11.9 Å². The molecule has 3 aromatic rings. The number of allylic oxidation sites excluding steroid dienone is 2. The first-order chi connectivity index (χ1) is 20.8. The molecule has 2 fully saturated rings. The first kappa shape index (κ1) is 31.9.